The maximum absolute atomic E-state index is 2.32. The number of hydrogen-bond acceptors (Lipinski definition) is 0. The van der Waals surface area contributed by atoms with Gasteiger partial charge < -0.3 is 0 Å². The predicted molar refractivity (Wildman–Crippen MR) is 88.1 cm³/mol. The normalized spacial score (nSPS) is 11.8. The van der Waals surface area contributed by atoms with Crippen molar-refractivity contribution in [2.24, 2.45) is 0 Å². The summed E-state index contributed by atoms with van der Waals surface area (Å²) in [6.45, 7) is 6.82. The minimum absolute atomic E-state index is 0.162. The summed E-state index contributed by atoms with van der Waals surface area (Å²) in [6.07, 6.45) is 0. The summed E-state index contributed by atoms with van der Waals surface area (Å²) in [6, 6.07) is 23.9. The average molecular weight is 260 g/mol. The summed E-state index contributed by atoms with van der Waals surface area (Å²) in [5, 5.41) is 2.68. The van der Waals surface area contributed by atoms with Crippen molar-refractivity contribution in [1.82, 2.24) is 0 Å². The molecule has 3 rings (SSSR count). The zero-order chi connectivity index (χ0) is 14.2. The van der Waals surface area contributed by atoms with E-state index in [1.165, 1.54) is 27.5 Å². The largest absolute Gasteiger partial charge is 0.0622 e. The van der Waals surface area contributed by atoms with Crippen LogP contribution < -0.4 is 0 Å². The Balaban J connectivity index is 2.25. The average Bonchev–Trinajstić information content (AvgIpc) is 2.46. The van der Waals surface area contributed by atoms with E-state index < -0.39 is 0 Å². The van der Waals surface area contributed by atoms with Crippen LogP contribution in [0.1, 0.15) is 26.3 Å². The second kappa shape index (κ2) is 4.79. The van der Waals surface area contributed by atoms with E-state index >= 15 is 0 Å². The molecule has 0 aliphatic carbocycles. The highest BCUT2D eigenvalue weighted by Gasteiger charge is 2.16. The molecule has 0 saturated heterocycles. The SMILES string of the molecule is CC(C)(C)c1cccc2ccc(-c3ccccc3)cc12. The van der Waals surface area contributed by atoms with Crippen molar-refractivity contribution in [3.8, 4) is 11.1 Å². The summed E-state index contributed by atoms with van der Waals surface area (Å²) in [7, 11) is 0. The van der Waals surface area contributed by atoms with Crippen LogP contribution in [0.2, 0.25) is 0 Å². The highest BCUT2D eigenvalue weighted by atomic mass is 14.2. The topological polar surface area (TPSA) is 0 Å². The molecule has 0 aliphatic rings. The third-order valence-corrected chi connectivity index (χ3v) is 3.80. The van der Waals surface area contributed by atoms with E-state index in [4.69, 9.17) is 0 Å². The maximum Gasteiger partial charge on any atom is -0.0126 e. The van der Waals surface area contributed by atoms with Gasteiger partial charge in [-0.3, -0.25) is 0 Å². The first-order valence-electron chi connectivity index (χ1n) is 7.14. The molecule has 20 heavy (non-hydrogen) atoms. The van der Waals surface area contributed by atoms with Crippen molar-refractivity contribution >= 4 is 10.8 Å². The van der Waals surface area contributed by atoms with E-state index in [-0.39, 0.29) is 5.41 Å². The van der Waals surface area contributed by atoms with Crippen LogP contribution in [0.3, 0.4) is 0 Å². The van der Waals surface area contributed by atoms with Crippen LogP contribution in [0, 0.1) is 0 Å². The molecule has 0 aliphatic heterocycles. The van der Waals surface area contributed by atoms with Crippen molar-refractivity contribution in [3.05, 3.63) is 72.3 Å². The summed E-state index contributed by atoms with van der Waals surface area (Å²) in [5.41, 5.74) is 4.13. The molecule has 0 aromatic heterocycles. The van der Waals surface area contributed by atoms with Crippen LogP contribution in [0.25, 0.3) is 21.9 Å². The van der Waals surface area contributed by atoms with Crippen LogP contribution >= 0.6 is 0 Å². The second-order valence-electron chi connectivity index (χ2n) is 6.36. The van der Waals surface area contributed by atoms with E-state index in [9.17, 15) is 0 Å². The van der Waals surface area contributed by atoms with Crippen LogP contribution in [-0.4, -0.2) is 0 Å². The van der Waals surface area contributed by atoms with E-state index in [1.807, 2.05) is 0 Å². The van der Waals surface area contributed by atoms with Gasteiger partial charge in [0, 0.05) is 0 Å². The van der Waals surface area contributed by atoms with Gasteiger partial charge in [-0.25, -0.2) is 0 Å². The van der Waals surface area contributed by atoms with Gasteiger partial charge in [0.2, 0.25) is 0 Å². The number of benzene rings is 3. The lowest BCUT2D eigenvalue weighted by atomic mass is 9.83. The highest BCUT2D eigenvalue weighted by molar-refractivity contribution is 5.90. The summed E-state index contributed by atoms with van der Waals surface area (Å²) >= 11 is 0. The van der Waals surface area contributed by atoms with Gasteiger partial charge in [0.25, 0.3) is 0 Å². The standard InChI is InChI=1S/C20H20/c1-20(2,3)19-11-7-10-16-12-13-17(14-18(16)19)15-8-5-4-6-9-15/h4-14H,1-3H3. The molecule has 0 heterocycles. The minimum atomic E-state index is 0.162. The molecule has 0 atom stereocenters. The Morgan fingerprint density at radius 2 is 1.40 bits per heavy atom. The summed E-state index contributed by atoms with van der Waals surface area (Å²) < 4.78 is 0. The fraction of sp³-hybridized carbons (Fsp3) is 0.200. The lowest BCUT2D eigenvalue weighted by Crippen LogP contribution is -2.11. The zero-order valence-corrected chi connectivity index (χ0v) is 12.4. The van der Waals surface area contributed by atoms with Gasteiger partial charge in [-0.05, 0) is 38.9 Å². The maximum atomic E-state index is 2.32. The lowest BCUT2D eigenvalue weighted by molar-refractivity contribution is 0.596. The van der Waals surface area contributed by atoms with Crippen LogP contribution in [0.5, 0.6) is 0 Å². The Bertz CT molecular complexity index is 731. The number of fused-ring (bicyclic) bond motifs is 1. The minimum Gasteiger partial charge on any atom is -0.0622 e. The van der Waals surface area contributed by atoms with Crippen molar-refractivity contribution in [2.45, 2.75) is 26.2 Å². The van der Waals surface area contributed by atoms with Gasteiger partial charge >= 0.3 is 0 Å². The third kappa shape index (κ3) is 2.34. The molecule has 0 nitrogen and oxygen atoms in total. The van der Waals surface area contributed by atoms with Crippen LogP contribution in [0.15, 0.2) is 66.7 Å². The molecule has 0 bridgehead atoms. The van der Waals surface area contributed by atoms with E-state index in [0.717, 1.165) is 0 Å². The van der Waals surface area contributed by atoms with Gasteiger partial charge in [0.05, 0.1) is 0 Å². The first kappa shape index (κ1) is 12.9. The van der Waals surface area contributed by atoms with Gasteiger partial charge in [-0.15, -0.1) is 0 Å². The molecule has 100 valence electrons. The van der Waals surface area contributed by atoms with Gasteiger partial charge in [0.1, 0.15) is 0 Å². The smallest absolute Gasteiger partial charge is 0.0126 e. The van der Waals surface area contributed by atoms with E-state index in [2.05, 4.69) is 87.5 Å². The molecule has 0 radical (unpaired) electrons. The second-order valence-corrected chi connectivity index (χ2v) is 6.36. The molecule has 0 spiro atoms. The van der Waals surface area contributed by atoms with Gasteiger partial charge in [-0.1, -0.05) is 81.4 Å². The molecular weight excluding hydrogens is 240 g/mol. The van der Waals surface area contributed by atoms with Crippen molar-refractivity contribution in [3.63, 3.8) is 0 Å². The molecule has 3 aromatic rings. The van der Waals surface area contributed by atoms with E-state index in [1.54, 1.807) is 0 Å². The van der Waals surface area contributed by atoms with Crippen molar-refractivity contribution < 1.29 is 0 Å². The third-order valence-electron chi connectivity index (χ3n) is 3.80. The zero-order valence-electron chi connectivity index (χ0n) is 12.4. The van der Waals surface area contributed by atoms with E-state index in [0.29, 0.717) is 0 Å². The fourth-order valence-electron chi connectivity index (χ4n) is 2.74. The predicted octanol–water partition coefficient (Wildman–Crippen LogP) is 5.80. The Morgan fingerprint density at radius 3 is 2.10 bits per heavy atom. The van der Waals surface area contributed by atoms with Gasteiger partial charge in [-0.2, -0.15) is 0 Å². The summed E-state index contributed by atoms with van der Waals surface area (Å²) in [4.78, 5) is 0. The molecule has 0 saturated carbocycles. The lowest BCUT2D eigenvalue weighted by Gasteiger charge is -2.21. The molecule has 0 N–H and O–H groups in total. The number of rotatable bonds is 1. The Hall–Kier alpha value is -2.08. The van der Waals surface area contributed by atoms with Crippen LogP contribution in [-0.2, 0) is 5.41 Å². The molecule has 3 aromatic carbocycles. The molecular formula is C20H20. The first-order chi connectivity index (χ1) is 9.55. The van der Waals surface area contributed by atoms with Crippen LogP contribution in [0.4, 0.5) is 0 Å². The molecule has 0 amide bonds. The quantitative estimate of drug-likeness (QED) is 0.518. The summed E-state index contributed by atoms with van der Waals surface area (Å²) in [5.74, 6) is 0. The fourth-order valence-corrected chi connectivity index (χ4v) is 2.74. The Kier molecular flexibility index (Phi) is 3.10. The van der Waals surface area contributed by atoms with Gasteiger partial charge in [0.15, 0.2) is 0 Å². The monoisotopic (exact) mass is 260 g/mol. The molecule has 0 unspecified atom stereocenters. The molecule has 0 heteroatoms. The van der Waals surface area contributed by atoms with Crippen molar-refractivity contribution in [1.29, 1.82) is 0 Å². The Morgan fingerprint density at radius 1 is 0.650 bits per heavy atom. The van der Waals surface area contributed by atoms with Crippen molar-refractivity contribution in [2.75, 3.05) is 0 Å². The first-order valence-corrected chi connectivity index (χ1v) is 7.14. The number of hydrogen-bond donors (Lipinski definition) is 0. The highest BCUT2D eigenvalue weighted by Crippen LogP contribution is 2.32. The molecule has 0 fully saturated rings. The Labute approximate surface area is 121 Å².